The summed E-state index contributed by atoms with van der Waals surface area (Å²) < 4.78 is 39.2. The molecule has 1 fully saturated rings. The summed E-state index contributed by atoms with van der Waals surface area (Å²) in [4.78, 5) is 11.8. The quantitative estimate of drug-likeness (QED) is 0.667. The summed E-state index contributed by atoms with van der Waals surface area (Å²) in [5, 5.41) is 3.39. The Morgan fingerprint density at radius 3 is 2.29 bits per heavy atom. The van der Waals surface area contributed by atoms with E-state index in [1.54, 1.807) is 18.2 Å². The molecule has 0 saturated heterocycles. The molecule has 6 heteroatoms. The van der Waals surface area contributed by atoms with Gasteiger partial charge in [-0.15, -0.1) is 0 Å². The molecule has 2 rings (SSSR count). The Hall–Kier alpha value is -1.85. The highest BCUT2D eigenvalue weighted by molar-refractivity contribution is 5.97. The van der Waals surface area contributed by atoms with Crippen LogP contribution in [0.15, 0.2) is 35.4 Å². The van der Waals surface area contributed by atoms with Gasteiger partial charge in [0.05, 0.1) is 0 Å². The molecule has 1 aromatic carbocycles. The van der Waals surface area contributed by atoms with Gasteiger partial charge in [0.15, 0.2) is 0 Å². The van der Waals surface area contributed by atoms with E-state index in [0.717, 1.165) is 19.3 Å². The summed E-state index contributed by atoms with van der Waals surface area (Å²) in [5.74, 6) is -1.25. The van der Waals surface area contributed by atoms with Crippen LogP contribution in [0.25, 0.3) is 0 Å². The predicted octanol–water partition coefficient (Wildman–Crippen LogP) is 3.92. The van der Waals surface area contributed by atoms with Crippen LogP contribution in [0.3, 0.4) is 0 Å². The molecule has 1 amide bonds. The lowest BCUT2D eigenvalue weighted by molar-refractivity contribution is -0.0641. The second-order valence-corrected chi connectivity index (χ2v) is 5.14. The fourth-order valence-electron chi connectivity index (χ4n) is 2.53. The Labute approximate surface area is 121 Å². The first kappa shape index (κ1) is 15.5. The molecule has 0 aliphatic heterocycles. The third kappa shape index (κ3) is 4.31. The van der Waals surface area contributed by atoms with Crippen LogP contribution in [0.2, 0.25) is 0 Å². The minimum absolute atomic E-state index is 0.284. The van der Waals surface area contributed by atoms with E-state index in [1.165, 1.54) is 12.1 Å². The standard InChI is InChI=1S/C15H17F3N2O/c16-15(17,18)13(11-7-3-1-4-8-11)19-20-14(21)12-9-5-2-6-10-12/h2,5-6,9-11H,1,3-4,7-8H2,(H,20,21). The normalized spacial score (nSPS) is 17.6. The van der Waals surface area contributed by atoms with Gasteiger partial charge < -0.3 is 0 Å². The topological polar surface area (TPSA) is 41.5 Å². The van der Waals surface area contributed by atoms with Crippen molar-refractivity contribution < 1.29 is 18.0 Å². The van der Waals surface area contributed by atoms with Gasteiger partial charge in [-0.2, -0.15) is 18.3 Å². The first-order valence-corrected chi connectivity index (χ1v) is 6.98. The van der Waals surface area contributed by atoms with Crippen LogP contribution in [-0.2, 0) is 0 Å². The summed E-state index contributed by atoms with van der Waals surface area (Å²) in [6, 6.07) is 8.07. The number of halogens is 3. The molecule has 21 heavy (non-hydrogen) atoms. The van der Waals surface area contributed by atoms with Gasteiger partial charge in [0.25, 0.3) is 5.91 Å². The van der Waals surface area contributed by atoms with E-state index in [-0.39, 0.29) is 5.56 Å². The predicted molar refractivity (Wildman–Crippen MR) is 74.0 cm³/mol. The van der Waals surface area contributed by atoms with Crippen molar-refractivity contribution in [2.24, 2.45) is 11.0 Å². The second kappa shape index (κ2) is 6.74. The highest BCUT2D eigenvalue weighted by Gasteiger charge is 2.41. The Kier molecular flexibility index (Phi) is 4.98. The van der Waals surface area contributed by atoms with Gasteiger partial charge in [0.1, 0.15) is 5.71 Å². The zero-order valence-corrected chi connectivity index (χ0v) is 11.5. The van der Waals surface area contributed by atoms with E-state index in [2.05, 4.69) is 5.10 Å². The lowest BCUT2D eigenvalue weighted by Crippen LogP contribution is -2.35. The smallest absolute Gasteiger partial charge is 0.267 e. The molecule has 0 unspecified atom stereocenters. The van der Waals surface area contributed by atoms with Crippen molar-refractivity contribution >= 4 is 11.6 Å². The molecule has 0 spiro atoms. The summed E-state index contributed by atoms with van der Waals surface area (Å²) >= 11 is 0. The Bertz CT molecular complexity index is 505. The number of amides is 1. The van der Waals surface area contributed by atoms with Gasteiger partial charge in [-0.25, -0.2) is 5.43 Å². The first-order valence-electron chi connectivity index (χ1n) is 6.98. The van der Waals surface area contributed by atoms with Gasteiger partial charge in [-0.05, 0) is 25.0 Å². The number of carbonyl (C=O) groups excluding carboxylic acids is 1. The fraction of sp³-hybridized carbons (Fsp3) is 0.467. The SMILES string of the molecule is O=C(NN=C(C1CCCCC1)C(F)(F)F)c1ccccc1. The molecular formula is C15H17F3N2O. The molecular weight excluding hydrogens is 281 g/mol. The Balaban J connectivity index is 2.11. The molecule has 0 radical (unpaired) electrons. The number of hydrogen-bond donors (Lipinski definition) is 1. The summed E-state index contributed by atoms with van der Waals surface area (Å²) in [5.41, 5.74) is 1.45. The Morgan fingerprint density at radius 1 is 1.10 bits per heavy atom. The molecule has 0 bridgehead atoms. The van der Waals surface area contributed by atoms with Gasteiger partial charge >= 0.3 is 6.18 Å². The molecule has 1 N–H and O–H groups in total. The zero-order valence-electron chi connectivity index (χ0n) is 11.5. The van der Waals surface area contributed by atoms with E-state index in [4.69, 9.17) is 0 Å². The van der Waals surface area contributed by atoms with Crippen molar-refractivity contribution in [3.05, 3.63) is 35.9 Å². The van der Waals surface area contributed by atoms with Crippen LogP contribution in [0.1, 0.15) is 42.5 Å². The van der Waals surface area contributed by atoms with E-state index in [0.29, 0.717) is 12.8 Å². The van der Waals surface area contributed by atoms with Crippen molar-refractivity contribution in [1.82, 2.24) is 5.43 Å². The number of hydrogen-bond acceptors (Lipinski definition) is 2. The average Bonchev–Trinajstić information content (AvgIpc) is 2.48. The van der Waals surface area contributed by atoms with E-state index >= 15 is 0 Å². The van der Waals surface area contributed by atoms with Crippen LogP contribution in [0.4, 0.5) is 13.2 Å². The summed E-state index contributed by atoms with van der Waals surface area (Å²) in [7, 11) is 0. The van der Waals surface area contributed by atoms with Crippen molar-refractivity contribution in [1.29, 1.82) is 0 Å². The molecule has 114 valence electrons. The lowest BCUT2D eigenvalue weighted by atomic mass is 9.85. The highest BCUT2D eigenvalue weighted by Crippen LogP contribution is 2.32. The molecule has 0 heterocycles. The molecule has 1 saturated carbocycles. The zero-order chi connectivity index (χ0) is 15.3. The highest BCUT2D eigenvalue weighted by atomic mass is 19.4. The number of hydrazone groups is 1. The molecule has 0 atom stereocenters. The lowest BCUT2D eigenvalue weighted by Gasteiger charge is -2.24. The van der Waals surface area contributed by atoms with Crippen LogP contribution >= 0.6 is 0 Å². The second-order valence-electron chi connectivity index (χ2n) is 5.14. The molecule has 1 aromatic rings. The Morgan fingerprint density at radius 2 is 1.71 bits per heavy atom. The molecule has 3 nitrogen and oxygen atoms in total. The first-order chi connectivity index (χ1) is 9.98. The van der Waals surface area contributed by atoms with Crippen molar-refractivity contribution in [2.75, 3.05) is 0 Å². The fourth-order valence-corrected chi connectivity index (χ4v) is 2.53. The number of alkyl halides is 3. The number of rotatable bonds is 3. The number of benzene rings is 1. The number of carbonyl (C=O) groups is 1. The van der Waals surface area contributed by atoms with Crippen molar-refractivity contribution in [3.63, 3.8) is 0 Å². The van der Waals surface area contributed by atoms with Crippen LogP contribution in [0, 0.1) is 5.92 Å². The van der Waals surface area contributed by atoms with Crippen molar-refractivity contribution in [3.8, 4) is 0 Å². The summed E-state index contributed by atoms with van der Waals surface area (Å²) in [6.07, 6.45) is -1.07. The summed E-state index contributed by atoms with van der Waals surface area (Å²) in [6.45, 7) is 0. The minimum Gasteiger partial charge on any atom is -0.267 e. The maximum Gasteiger partial charge on any atom is 0.431 e. The number of nitrogens with one attached hydrogen (secondary N) is 1. The van der Waals surface area contributed by atoms with E-state index < -0.39 is 23.7 Å². The third-order valence-electron chi connectivity index (χ3n) is 3.60. The van der Waals surface area contributed by atoms with E-state index in [9.17, 15) is 18.0 Å². The molecule has 1 aliphatic rings. The third-order valence-corrected chi connectivity index (χ3v) is 3.60. The van der Waals surface area contributed by atoms with Gasteiger partial charge in [0, 0.05) is 11.5 Å². The monoisotopic (exact) mass is 298 g/mol. The van der Waals surface area contributed by atoms with Crippen LogP contribution in [0.5, 0.6) is 0 Å². The van der Waals surface area contributed by atoms with Gasteiger partial charge in [-0.1, -0.05) is 37.5 Å². The molecule has 1 aliphatic carbocycles. The minimum atomic E-state index is -4.51. The van der Waals surface area contributed by atoms with E-state index in [1.807, 2.05) is 5.43 Å². The van der Waals surface area contributed by atoms with Crippen LogP contribution < -0.4 is 5.43 Å². The largest absolute Gasteiger partial charge is 0.431 e. The van der Waals surface area contributed by atoms with Gasteiger partial charge in [0.2, 0.25) is 0 Å². The van der Waals surface area contributed by atoms with Crippen LogP contribution in [-0.4, -0.2) is 17.8 Å². The maximum absolute atomic E-state index is 13.1. The van der Waals surface area contributed by atoms with Gasteiger partial charge in [-0.3, -0.25) is 4.79 Å². The molecule has 0 aromatic heterocycles. The average molecular weight is 298 g/mol. The maximum atomic E-state index is 13.1. The van der Waals surface area contributed by atoms with Crippen molar-refractivity contribution in [2.45, 2.75) is 38.3 Å². The number of nitrogens with zero attached hydrogens (tertiary/aromatic N) is 1.